The monoisotopic (exact) mass is 302 g/mol. The molecule has 21 heavy (non-hydrogen) atoms. The fourth-order valence-electron chi connectivity index (χ4n) is 2.52. The molecule has 2 rings (SSSR count). The summed E-state index contributed by atoms with van der Waals surface area (Å²) in [5, 5.41) is 13.9. The number of non-ortho nitro benzene ring substituents is 1. The molecule has 1 aromatic carbocycles. The SMILES string of the molecule is CCNC(Cc1ccc([N+](=O)[O-])cc1C(F)(F)F)C1CC1. The standard InChI is InChI=1S/C14H17F3N2O2/c1-2-18-13(9-3-4-9)7-10-5-6-11(19(20)21)8-12(10)14(15,16)17/h5-6,8-9,13,18H,2-4,7H2,1H3. The molecule has 0 amide bonds. The number of halogens is 3. The van der Waals surface area contributed by atoms with Crippen molar-refractivity contribution in [2.75, 3.05) is 6.54 Å². The van der Waals surface area contributed by atoms with Crippen molar-refractivity contribution >= 4 is 5.69 Å². The first-order chi connectivity index (χ1) is 9.82. The van der Waals surface area contributed by atoms with Crippen LogP contribution in [0.2, 0.25) is 0 Å². The molecular formula is C14H17F3N2O2. The maximum Gasteiger partial charge on any atom is 0.416 e. The van der Waals surface area contributed by atoms with Crippen molar-refractivity contribution in [3.8, 4) is 0 Å². The van der Waals surface area contributed by atoms with E-state index in [1.165, 1.54) is 6.07 Å². The van der Waals surface area contributed by atoms with Crippen LogP contribution in [0.3, 0.4) is 0 Å². The number of rotatable bonds is 6. The van der Waals surface area contributed by atoms with Crippen LogP contribution in [0, 0.1) is 16.0 Å². The number of benzene rings is 1. The summed E-state index contributed by atoms with van der Waals surface area (Å²) in [5.74, 6) is 0.404. The van der Waals surface area contributed by atoms with E-state index in [9.17, 15) is 23.3 Å². The Bertz CT molecular complexity index is 527. The molecule has 1 saturated carbocycles. The van der Waals surface area contributed by atoms with Gasteiger partial charge in [-0.2, -0.15) is 13.2 Å². The van der Waals surface area contributed by atoms with Crippen molar-refractivity contribution < 1.29 is 18.1 Å². The Morgan fingerprint density at radius 1 is 1.43 bits per heavy atom. The van der Waals surface area contributed by atoms with Crippen molar-refractivity contribution in [3.05, 3.63) is 39.4 Å². The van der Waals surface area contributed by atoms with Gasteiger partial charge in [0.1, 0.15) is 0 Å². The van der Waals surface area contributed by atoms with Crippen LogP contribution in [0.5, 0.6) is 0 Å². The number of likely N-dealkylation sites (N-methyl/N-ethyl adjacent to an activating group) is 1. The molecule has 0 saturated heterocycles. The number of nitro benzene ring substituents is 1. The van der Waals surface area contributed by atoms with Crippen LogP contribution in [0.1, 0.15) is 30.9 Å². The van der Waals surface area contributed by atoms with Gasteiger partial charge in [-0.3, -0.25) is 10.1 Å². The molecule has 0 bridgehead atoms. The largest absolute Gasteiger partial charge is 0.416 e. The summed E-state index contributed by atoms with van der Waals surface area (Å²) < 4.78 is 39.3. The number of nitrogens with one attached hydrogen (secondary N) is 1. The molecule has 1 N–H and O–H groups in total. The molecular weight excluding hydrogens is 285 g/mol. The molecule has 116 valence electrons. The molecule has 1 atom stereocenters. The average Bonchev–Trinajstić information content (AvgIpc) is 3.21. The van der Waals surface area contributed by atoms with Crippen molar-refractivity contribution in [3.63, 3.8) is 0 Å². The molecule has 4 nitrogen and oxygen atoms in total. The van der Waals surface area contributed by atoms with Gasteiger partial charge in [-0.15, -0.1) is 0 Å². The number of alkyl halides is 3. The number of hydrogen-bond donors (Lipinski definition) is 1. The zero-order valence-electron chi connectivity index (χ0n) is 11.6. The van der Waals surface area contributed by atoms with Crippen LogP contribution >= 0.6 is 0 Å². The van der Waals surface area contributed by atoms with E-state index in [4.69, 9.17) is 0 Å². The van der Waals surface area contributed by atoms with Crippen molar-refractivity contribution in [2.24, 2.45) is 5.92 Å². The lowest BCUT2D eigenvalue weighted by atomic mass is 9.96. The smallest absolute Gasteiger partial charge is 0.314 e. The van der Waals surface area contributed by atoms with Crippen LogP contribution in [0.15, 0.2) is 18.2 Å². The van der Waals surface area contributed by atoms with Gasteiger partial charge in [0.2, 0.25) is 0 Å². The topological polar surface area (TPSA) is 55.2 Å². The van der Waals surface area contributed by atoms with E-state index in [1.54, 1.807) is 0 Å². The Morgan fingerprint density at radius 2 is 2.10 bits per heavy atom. The van der Waals surface area contributed by atoms with E-state index in [2.05, 4.69) is 5.32 Å². The molecule has 1 aromatic rings. The Hall–Kier alpha value is -1.63. The first-order valence-electron chi connectivity index (χ1n) is 6.90. The minimum atomic E-state index is -4.58. The summed E-state index contributed by atoms with van der Waals surface area (Å²) in [6.07, 6.45) is -2.30. The Balaban J connectivity index is 2.30. The zero-order chi connectivity index (χ0) is 15.6. The van der Waals surface area contributed by atoms with Gasteiger partial charge in [-0.05, 0) is 37.3 Å². The van der Waals surface area contributed by atoms with Gasteiger partial charge in [0, 0.05) is 18.2 Å². The van der Waals surface area contributed by atoms with Gasteiger partial charge in [-0.1, -0.05) is 13.0 Å². The highest BCUT2D eigenvalue weighted by Crippen LogP contribution is 2.38. The second kappa shape index (κ2) is 6.01. The third-order valence-corrected chi connectivity index (χ3v) is 3.71. The molecule has 0 aliphatic heterocycles. The quantitative estimate of drug-likeness (QED) is 0.646. The van der Waals surface area contributed by atoms with E-state index in [-0.39, 0.29) is 18.0 Å². The lowest BCUT2D eigenvalue weighted by Crippen LogP contribution is -2.33. The van der Waals surface area contributed by atoms with E-state index >= 15 is 0 Å². The number of hydrogen-bond acceptors (Lipinski definition) is 3. The normalized spacial score (nSPS) is 16.8. The minimum absolute atomic E-state index is 0.00226. The van der Waals surface area contributed by atoms with Crippen molar-refractivity contribution in [2.45, 2.75) is 38.4 Å². The van der Waals surface area contributed by atoms with Crippen molar-refractivity contribution in [1.29, 1.82) is 0 Å². The summed E-state index contributed by atoms with van der Waals surface area (Å²) >= 11 is 0. The number of nitro groups is 1. The maximum atomic E-state index is 13.1. The molecule has 0 spiro atoms. The summed E-state index contributed by atoms with van der Waals surface area (Å²) in [4.78, 5) is 9.86. The van der Waals surface area contributed by atoms with Gasteiger partial charge < -0.3 is 5.32 Å². The lowest BCUT2D eigenvalue weighted by molar-refractivity contribution is -0.385. The maximum absolute atomic E-state index is 13.1. The van der Waals surface area contributed by atoms with Gasteiger partial charge in [0.25, 0.3) is 5.69 Å². The number of nitrogens with zero attached hydrogens (tertiary/aromatic N) is 1. The predicted octanol–water partition coefficient (Wildman–Crippen LogP) is 3.54. The zero-order valence-corrected chi connectivity index (χ0v) is 11.6. The van der Waals surface area contributed by atoms with E-state index < -0.39 is 22.4 Å². The Kier molecular flexibility index (Phi) is 4.51. The van der Waals surface area contributed by atoms with Gasteiger partial charge in [0.15, 0.2) is 0 Å². The molecule has 0 heterocycles. The van der Waals surface area contributed by atoms with Crippen LogP contribution in [-0.4, -0.2) is 17.5 Å². The summed E-state index contributed by atoms with van der Waals surface area (Å²) in [6.45, 7) is 2.60. The molecule has 1 aliphatic rings. The molecule has 1 aliphatic carbocycles. The van der Waals surface area contributed by atoms with Crippen LogP contribution in [0.4, 0.5) is 18.9 Å². The summed E-state index contributed by atoms with van der Waals surface area (Å²) in [6, 6.07) is 3.00. The lowest BCUT2D eigenvalue weighted by Gasteiger charge is -2.20. The summed E-state index contributed by atoms with van der Waals surface area (Å²) in [7, 11) is 0. The van der Waals surface area contributed by atoms with E-state index in [0.717, 1.165) is 18.9 Å². The summed E-state index contributed by atoms with van der Waals surface area (Å²) in [5.41, 5.74) is -1.32. The van der Waals surface area contributed by atoms with Crippen LogP contribution in [0.25, 0.3) is 0 Å². The molecule has 0 radical (unpaired) electrons. The fraction of sp³-hybridized carbons (Fsp3) is 0.571. The third kappa shape index (κ3) is 3.93. The second-order valence-corrected chi connectivity index (χ2v) is 5.30. The van der Waals surface area contributed by atoms with E-state index in [0.29, 0.717) is 18.5 Å². The van der Waals surface area contributed by atoms with Crippen LogP contribution in [-0.2, 0) is 12.6 Å². The van der Waals surface area contributed by atoms with Crippen LogP contribution < -0.4 is 5.32 Å². The van der Waals surface area contributed by atoms with E-state index in [1.807, 2.05) is 6.92 Å². The van der Waals surface area contributed by atoms with Gasteiger partial charge in [0.05, 0.1) is 10.5 Å². The molecule has 0 aromatic heterocycles. The first kappa shape index (κ1) is 15.8. The molecule has 1 fully saturated rings. The second-order valence-electron chi connectivity index (χ2n) is 5.30. The van der Waals surface area contributed by atoms with Gasteiger partial charge in [-0.25, -0.2) is 0 Å². The predicted molar refractivity (Wildman–Crippen MR) is 72.0 cm³/mol. The average molecular weight is 302 g/mol. The Morgan fingerprint density at radius 3 is 2.57 bits per heavy atom. The highest BCUT2D eigenvalue weighted by molar-refractivity contribution is 5.42. The molecule has 1 unspecified atom stereocenters. The first-order valence-corrected chi connectivity index (χ1v) is 6.90. The highest BCUT2D eigenvalue weighted by Gasteiger charge is 2.37. The Labute approximate surface area is 120 Å². The van der Waals surface area contributed by atoms with Crippen molar-refractivity contribution in [1.82, 2.24) is 5.32 Å². The van der Waals surface area contributed by atoms with Gasteiger partial charge >= 0.3 is 6.18 Å². The highest BCUT2D eigenvalue weighted by atomic mass is 19.4. The fourth-order valence-corrected chi connectivity index (χ4v) is 2.52. The molecule has 7 heteroatoms. The minimum Gasteiger partial charge on any atom is -0.314 e. The third-order valence-electron chi connectivity index (χ3n) is 3.71.